The van der Waals surface area contributed by atoms with Gasteiger partial charge in [-0.05, 0) is 56.1 Å². The first-order chi connectivity index (χ1) is 20.7. The Bertz CT molecular complexity index is 1670. The van der Waals surface area contributed by atoms with Crippen molar-refractivity contribution < 1.29 is 23.0 Å². The quantitative estimate of drug-likeness (QED) is 0.232. The molecule has 0 spiro atoms. The number of hydrogen-bond donors (Lipinski definition) is 2. The van der Waals surface area contributed by atoms with Crippen LogP contribution in [-0.2, 0) is 17.1 Å². The number of fused-ring (bicyclic) bond motifs is 1. The van der Waals surface area contributed by atoms with Crippen LogP contribution in [0, 0.1) is 6.92 Å². The van der Waals surface area contributed by atoms with Crippen molar-refractivity contribution in [1.82, 2.24) is 23.7 Å². The highest BCUT2D eigenvalue weighted by Crippen LogP contribution is 2.40. The normalized spacial score (nSPS) is 15.2. The number of ether oxygens (including phenoxy) is 2. The Morgan fingerprint density at radius 1 is 1.05 bits per heavy atom. The molecular weight excluding hydrogens is 568 g/mol. The van der Waals surface area contributed by atoms with Gasteiger partial charge in [-0.3, -0.25) is 0 Å². The number of nitrogens with zero attached hydrogens (tertiary/aromatic N) is 5. The molecule has 1 aliphatic rings. The zero-order chi connectivity index (χ0) is 30.7. The minimum Gasteiger partial charge on any atom is -0.494 e. The molecule has 12 heteroatoms. The van der Waals surface area contributed by atoms with Gasteiger partial charge in [0.05, 0.1) is 26.5 Å². The fourth-order valence-corrected chi connectivity index (χ4v) is 7.12. The lowest BCUT2D eigenvalue weighted by molar-refractivity contribution is 0.271. The van der Waals surface area contributed by atoms with Crippen LogP contribution >= 0.6 is 0 Å². The summed E-state index contributed by atoms with van der Waals surface area (Å²) in [6.07, 6.45) is 4.47. The second kappa shape index (κ2) is 12.9. The molecule has 1 aliphatic heterocycles. The third-order valence-electron chi connectivity index (χ3n) is 8.52. The van der Waals surface area contributed by atoms with Gasteiger partial charge >= 0.3 is 0 Å². The van der Waals surface area contributed by atoms with E-state index in [0.717, 1.165) is 54.7 Å². The summed E-state index contributed by atoms with van der Waals surface area (Å²) in [5, 5.41) is 13.5. The van der Waals surface area contributed by atoms with Gasteiger partial charge in [-0.2, -0.15) is 0 Å². The first-order valence-corrected chi connectivity index (χ1v) is 16.2. The van der Waals surface area contributed by atoms with Gasteiger partial charge in [-0.15, -0.1) is 0 Å². The third kappa shape index (κ3) is 6.17. The summed E-state index contributed by atoms with van der Waals surface area (Å²) < 4.78 is 43.1. The van der Waals surface area contributed by atoms with Crippen molar-refractivity contribution in [2.75, 3.05) is 58.4 Å². The second-order valence-electron chi connectivity index (χ2n) is 10.9. The van der Waals surface area contributed by atoms with Crippen LogP contribution < -0.4 is 19.1 Å². The van der Waals surface area contributed by atoms with Gasteiger partial charge in [0.25, 0.3) is 10.0 Å². The van der Waals surface area contributed by atoms with Crippen LogP contribution in [0.15, 0.2) is 53.8 Å². The SMILES string of the molecule is CCN1CCN(c2cccc3c(O)n([C@H](CCCNS(=O)(=O)c4cnc(C)n4C)c4ccc(OC)c(OC)c4)cc23)CC1. The summed E-state index contributed by atoms with van der Waals surface area (Å²) in [6.45, 7) is 9.07. The molecule has 11 nitrogen and oxygen atoms in total. The molecule has 1 atom stereocenters. The number of aryl methyl sites for hydroxylation is 1. The maximum Gasteiger partial charge on any atom is 0.257 e. The fraction of sp³-hybridized carbons (Fsp3) is 0.452. The molecule has 1 fully saturated rings. The zero-order valence-corrected chi connectivity index (χ0v) is 26.4. The minimum atomic E-state index is -3.72. The van der Waals surface area contributed by atoms with Crippen molar-refractivity contribution in [3.63, 3.8) is 0 Å². The van der Waals surface area contributed by atoms with E-state index in [1.807, 2.05) is 41.1 Å². The van der Waals surface area contributed by atoms with Crippen molar-refractivity contribution >= 4 is 26.5 Å². The molecule has 0 bridgehead atoms. The Morgan fingerprint density at radius 2 is 1.79 bits per heavy atom. The molecule has 232 valence electrons. The highest BCUT2D eigenvalue weighted by Gasteiger charge is 2.25. The van der Waals surface area contributed by atoms with Gasteiger partial charge in [0.2, 0.25) is 0 Å². The van der Waals surface area contributed by atoms with E-state index < -0.39 is 10.0 Å². The molecule has 2 aromatic heterocycles. The Balaban J connectivity index is 1.45. The van der Waals surface area contributed by atoms with E-state index in [-0.39, 0.29) is 23.5 Å². The molecule has 3 heterocycles. The number of aromatic hydroxyl groups is 1. The maximum absolute atomic E-state index is 12.9. The van der Waals surface area contributed by atoms with Gasteiger partial charge in [-0.25, -0.2) is 18.1 Å². The number of methoxy groups -OCH3 is 2. The molecule has 2 N–H and O–H groups in total. The first kappa shape index (κ1) is 30.7. The van der Waals surface area contributed by atoms with Crippen LogP contribution in [0.1, 0.15) is 37.2 Å². The fourth-order valence-electron chi connectivity index (χ4n) is 5.87. The van der Waals surface area contributed by atoms with Crippen LogP contribution in [0.3, 0.4) is 0 Å². The third-order valence-corrected chi connectivity index (χ3v) is 10.0. The maximum atomic E-state index is 12.9. The summed E-state index contributed by atoms with van der Waals surface area (Å²) in [4.78, 5) is 8.94. The van der Waals surface area contributed by atoms with Crippen molar-refractivity contribution in [3.05, 3.63) is 60.2 Å². The predicted molar refractivity (Wildman–Crippen MR) is 168 cm³/mol. The average Bonchev–Trinajstić information content (AvgIpc) is 3.55. The largest absolute Gasteiger partial charge is 0.494 e. The number of anilines is 1. The molecular formula is C31H42N6O5S. The van der Waals surface area contributed by atoms with Crippen molar-refractivity contribution in [1.29, 1.82) is 0 Å². The smallest absolute Gasteiger partial charge is 0.257 e. The summed E-state index contributed by atoms with van der Waals surface area (Å²) in [6, 6.07) is 11.5. The summed E-state index contributed by atoms with van der Waals surface area (Å²) in [5.41, 5.74) is 2.02. The molecule has 2 aromatic carbocycles. The number of benzene rings is 2. The highest BCUT2D eigenvalue weighted by atomic mass is 32.2. The van der Waals surface area contributed by atoms with Crippen LogP contribution in [0.5, 0.6) is 17.4 Å². The number of likely N-dealkylation sites (N-methyl/N-ethyl adjacent to an activating group) is 1. The van der Waals surface area contributed by atoms with Crippen LogP contribution in [0.4, 0.5) is 5.69 Å². The summed E-state index contributed by atoms with van der Waals surface area (Å²) in [7, 11) is 1.15. The molecule has 4 aromatic rings. The van der Waals surface area contributed by atoms with Gasteiger partial charge in [0.1, 0.15) is 5.82 Å². The topological polar surface area (TPSA) is 114 Å². The lowest BCUT2D eigenvalue weighted by atomic mass is 10.0. The standard InChI is InChI=1S/C31H42N6O5S/c1-6-35-15-17-36(18-16-35)27-10-7-9-24-25(27)21-37(31(24)38)26(23-12-13-28(41-4)29(19-23)42-5)11-8-14-33-43(39,40)30-20-32-22(2)34(30)3/h7,9-10,12-13,19-21,26,33,38H,6,8,11,14-18H2,1-5H3/t26-/m1/s1. The highest BCUT2D eigenvalue weighted by molar-refractivity contribution is 7.89. The lowest BCUT2D eigenvalue weighted by Crippen LogP contribution is -2.46. The van der Waals surface area contributed by atoms with E-state index in [0.29, 0.717) is 30.2 Å². The number of aromatic nitrogens is 3. The number of rotatable bonds is 12. The second-order valence-corrected chi connectivity index (χ2v) is 12.6. The molecule has 43 heavy (non-hydrogen) atoms. The number of piperazine rings is 1. The molecule has 0 radical (unpaired) electrons. The monoisotopic (exact) mass is 610 g/mol. The Hall–Kier alpha value is -3.74. The van der Waals surface area contributed by atoms with E-state index in [1.165, 1.54) is 6.20 Å². The molecule has 0 amide bonds. The van der Waals surface area contributed by atoms with Gasteiger partial charge < -0.3 is 33.5 Å². The Labute approximate surface area is 253 Å². The number of imidazole rings is 1. The van der Waals surface area contributed by atoms with Gasteiger partial charge in [0, 0.05) is 62.4 Å². The first-order valence-electron chi connectivity index (χ1n) is 14.7. The van der Waals surface area contributed by atoms with E-state index >= 15 is 0 Å². The zero-order valence-electron chi connectivity index (χ0n) is 25.6. The molecule has 0 unspecified atom stereocenters. The molecule has 0 aliphatic carbocycles. The number of nitrogens with one attached hydrogen (secondary N) is 1. The van der Waals surface area contributed by atoms with Crippen molar-refractivity contribution in [2.45, 2.75) is 37.8 Å². The average molecular weight is 611 g/mol. The van der Waals surface area contributed by atoms with Crippen molar-refractivity contribution in [2.24, 2.45) is 7.05 Å². The van der Waals surface area contributed by atoms with Gasteiger partial charge in [-0.1, -0.05) is 19.1 Å². The number of sulfonamides is 1. The Kier molecular flexibility index (Phi) is 9.19. The summed E-state index contributed by atoms with van der Waals surface area (Å²) >= 11 is 0. The number of hydrogen-bond acceptors (Lipinski definition) is 8. The molecule has 1 saturated heterocycles. The van der Waals surface area contributed by atoms with E-state index in [9.17, 15) is 13.5 Å². The van der Waals surface area contributed by atoms with E-state index in [4.69, 9.17) is 9.47 Å². The predicted octanol–water partition coefficient (Wildman–Crippen LogP) is 3.90. The van der Waals surface area contributed by atoms with Crippen LogP contribution in [-0.4, -0.2) is 86.0 Å². The molecule has 5 rings (SSSR count). The van der Waals surface area contributed by atoms with Gasteiger partial charge in [0.15, 0.2) is 22.4 Å². The van der Waals surface area contributed by atoms with E-state index in [1.54, 1.807) is 32.8 Å². The lowest BCUT2D eigenvalue weighted by Gasteiger charge is -2.35. The minimum absolute atomic E-state index is 0.128. The van der Waals surface area contributed by atoms with E-state index in [2.05, 4.69) is 32.5 Å². The van der Waals surface area contributed by atoms with Crippen molar-refractivity contribution in [3.8, 4) is 17.4 Å². The molecule has 0 saturated carbocycles. The summed E-state index contributed by atoms with van der Waals surface area (Å²) in [5.74, 6) is 1.99. The van der Waals surface area contributed by atoms with Crippen LogP contribution in [0.2, 0.25) is 0 Å². The van der Waals surface area contributed by atoms with Crippen LogP contribution in [0.25, 0.3) is 10.8 Å². The Morgan fingerprint density at radius 3 is 2.44 bits per heavy atom.